The van der Waals surface area contributed by atoms with E-state index in [9.17, 15) is 13.6 Å². The van der Waals surface area contributed by atoms with Crippen LogP contribution < -0.4 is 5.32 Å². The minimum absolute atomic E-state index is 0.0164. The Balaban J connectivity index is 1.66. The number of rotatable bonds is 3. The van der Waals surface area contributed by atoms with Gasteiger partial charge in [-0.05, 0) is 93.7 Å². The third-order valence-electron chi connectivity index (χ3n) is 4.06. The maximum absolute atomic E-state index is 13.6. The van der Waals surface area contributed by atoms with Crippen molar-refractivity contribution in [2.24, 2.45) is 0 Å². The van der Waals surface area contributed by atoms with Gasteiger partial charge in [0.15, 0.2) is 17.2 Å². The van der Waals surface area contributed by atoms with Gasteiger partial charge in [-0.2, -0.15) is 0 Å². The van der Waals surface area contributed by atoms with E-state index in [1.165, 1.54) is 0 Å². The summed E-state index contributed by atoms with van der Waals surface area (Å²) in [5.41, 5.74) is 2.08. The molecule has 9 heteroatoms. The predicted molar refractivity (Wildman–Crippen MR) is 124 cm³/mol. The Morgan fingerprint density at radius 3 is 2.59 bits per heavy atom. The fraction of sp³-hybridized carbons (Fsp3) is 0. The number of carbonyl (C=O) groups is 1. The third kappa shape index (κ3) is 4.24. The van der Waals surface area contributed by atoms with Crippen LogP contribution in [0.4, 0.5) is 14.5 Å². The molecule has 1 N–H and O–H groups in total. The van der Waals surface area contributed by atoms with E-state index in [-0.39, 0.29) is 22.4 Å². The van der Waals surface area contributed by atoms with Crippen molar-refractivity contribution < 1.29 is 18.0 Å². The average Bonchev–Trinajstić information content (AvgIpc) is 3.09. The molecule has 3 aromatic carbocycles. The zero-order valence-electron chi connectivity index (χ0n) is 14.3. The Morgan fingerprint density at radius 2 is 1.79 bits per heavy atom. The molecule has 4 nitrogen and oxygen atoms in total. The lowest BCUT2D eigenvalue weighted by Crippen LogP contribution is -2.13. The molecule has 0 unspecified atom stereocenters. The second kappa shape index (κ2) is 8.15. The monoisotopic (exact) mass is 636 g/mol. The minimum atomic E-state index is -1.05. The second-order valence-electron chi connectivity index (χ2n) is 6.03. The van der Waals surface area contributed by atoms with Crippen LogP contribution >= 0.6 is 56.8 Å². The van der Waals surface area contributed by atoms with Crippen LogP contribution in [-0.4, -0.2) is 10.9 Å². The number of hydrogen-bond acceptors (Lipinski definition) is 3. The standard InChI is InChI=1S/C20H9ClF2I2N2O2/c21-13-8-15(23)14(22)7-11(13)20-27-17-6-10(2-4-18(17)29-20)26-19(28)12-5-9(24)1-3-16(12)25/h1-8H,(H,26,28). The molecular weight excluding hydrogens is 627 g/mol. The Hall–Kier alpha value is -1.79. The predicted octanol–water partition coefficient (Wildman–Crippen LogP) is 6.89. The van der Waals surface area contributed by atoms with Crippen LogP contribution in [0.25, 0.3) is 22.6 Å². The lowest BCUT2D eigenvalue weighted by atomic mass is 10.2. The summed E-state index contributed by atoms with van der Waals surface area (Å²) >= 11 is 10.2. The molecule has 0 radical (unpaired) electrons. The molecule has 0 spiro atoms. The van der Waals surface area contributed by atoms with E-state index in [4.69, 9.17) is 16.0 Å². The first kappa shape index (κ1) is 20.5. The number of fused-ring (bicyclic) bond motifs is 1. The van der Waals surface area contributed by atoms with Crippen LogP contribution in [-0.2, 0) is 0 Å². The quantitative estimate of drug-likeness (QED) is 0.197. The highest BCUT2D eigenvalue weighted by molar-refractivity contribution is 14.1. The van der Waals surface area contributed by atoms with Gasteiger partial charge in [0.2, 0.25) is 5.89 Å². The maximum atomic E-state index is 13.6. The van der Waals surface area contributed by atoms with E-state index >= 15 is 0 Å². The van der Waals surface area contributed by atoms with Gasteiger partial charge in [-0.25, -0.2) is 13.8 Å². The Bertz CT molecular complexity index is 1280. The number of benzene rings is 3. The summed E-state index contributed by atoms with van der Waals surface area (Å²) in [5, 5.41) is 2.81. The summed E-state index contributed by atoms with van der Waals surface area (Å²) in [6.07, 6.45) is 0. The Morgan fingerprint density at radius 1 is 1.03 bits per heavy atom. The van der Waals surface area contributed by atoms with Gasteiger partial charge >= 0.3 is 0 Å². The lowest BCUT2D eigenvalue weighted by molar-refractivity contribution is 0.102. The number of aromatic nitrogens is 1. The molecule has 0 saturated carbocycles. The number of nitrogens with one attached hydrogen (secondary N) is 1. The minimum Gasteiger partial charge on any atom is -0.436 e. The molecule has 29 heavy (non-hydrogen) atoms. The van der Waals surface area contributed by atoms with Gasteiger partial charge in [0.1, 0.15) is 5.52 Å². The van der Waals surface area contributed by atoms with E-state index in [2.05, 4.69) is 55.5 Å². The number of halogens is 5. The molecule has 4 aromatic rings. The number of amides is 1. The van der Waals surface area contributed by atoms with Crippen molar-refractivity contribution >= 4 is 79.5 Å². The first-order chi connectivity index (χ1) is 13.8. The van der Waals surface area contributed by atoms with Gasteiger partial charge < -0.3 is 9.73 Å². The highest BCUT2D eigenvalue weighted by Crippen LogP contribution is 2.32. The molecule has 0 fully saturated rings. The molecule has 146 valence electrons. The molecule has 0 aliphatic heterocycles. The number of carbonyl (C=O) groups excluding carboxylic acids is 1. The SMILES string of the molecule is O=C(Nc1ccc2oc(-c3cc(F)c(F)cc3Cl)nc2c1)c1cc(I)ccc1I. The van der Waals surface area contributed by atoms with Gasteiger partial charge in [-0.3, -0.25) is 4.79 Å². The van der Waals surface area contributed by atoms with Gasteiger partial charge in [0, 0.05) is 12.8 Å². The van der Waals surface area contributed by atoms with Crippen LogP contribution in [0.2, 0.25) is 5.02 Å². The summed E-state index contributed by atoms with van der Waals surface area (Å²) in [5.74, 6) is -2.30. The van der Waals surface area contributed by atoms with E-state index < -0.39 is 11.6 Å². The molecule has 0 bridgehead atoms. The van der Waals surface area contributed by atoms with Crippen molar-refractivity contribution in [3.05, 3.63) is 77.9 Å². The second-order valence-corrected chi connectivity index (χ2v) is 8.84. The zero-order chi connectivity index (χ0) is 20.7. The molecule has 1 aromatic heterocycles. The number of oxazole rings is 1. The molecular formula is C20H9ClF2I2N2O2. The van der Waals surface area contributed by atoms with Crippen molar-refractivity contribution in [3.63, 3.8) is 0 Å². The number of anilines is 1. The summed E-state index contributed by atoms with van der Waals surface area (Å²) in [4.78, 5) is 16.9. The van der Waals surface area contributed by atoms with Gasteiger partial charge in [0.05, 0.1) is 16.1 Å². The Labute approximate surface area is 195 Å². The lowest BCUT2D eigenvalue weighted by Gasteiger charge is -2.07. The molecule has 0 aliphatic rings. The van der Waals surface area contributed by atoms with Crippen molar-refractivity contribution in [2.75, 3.05) is 5.32 Å². The van der Waals surface area contributed by atoms with Gasteiger partial charge in [0.25, 0.3) is 5.91 Å². The van der Waals surface area contributed by atoms with Crippen LogP contribution in [0.15, 0.2) is 52.9 Å². The molecule has 4 rings (SSSR count). The number of hydrogen-bond donors (Lipinski definition) is 1. The van der Waals surface area contributed by atoms with E-state index in [0.29, 0.717) is 22.4 Å². The highest BCUT2D eigenvalue weighted by Gasteiger charge is 2.17. The van der Waals surface area contributed by atoms with Gasteiger partial charge in [-0.15, -0.1) is 0 Å². The largest absolute Gasteiger partial charge is 0.436 e. The van der Waals surface area contributed by atoms with E-state index in [1.54, 1.807) is 24.3 Å². The third-order valence-corrected chi connectivity index (χ3v) is 5.98. The molecule has 0 saturated heterocycles. The topological polar surface area (TPSA) is 55.1 Å². The van der Waals surface area contributed by atoms with Crippen molar-refractivity contribution in [3.8, 4) is 11.5 Å². The van der Waals surface area contributed by atoms with E-state index in [1.807, 2.05) is 12.1 Å². The van der Waals surface area contributed by atoms with Gasteiger partial charge in [-0.1, -0.05) is 11.6 Å². The average molecular weight is 637 g/mol. The highest BCUT2D eigenvalue weighted by atomic mass is 127. The maximum Gasteiger partial charge on any atom is 0.256 e. The summed E-state index contributed by atoms with van der Waals surface area (Å²) < 4.78 is 34.3. The van der Waals surface area contributed by atoms with Crippen LogP contribution in [0.3, 0.4) is 0 Å². The Kier molecular flexibility index (Phi) is 5.76. The summed E-state index contributed by atoms with van der Waals surface area (Å²) in [6, 6.07) is 12.3. The fourth-order valence-electron chi connectivity index (χ4n) is 2.68. The summed E-state index contributed by atoms with van der Waals surface area (Å²) in [7, 11) is 0. The normalized spacial score (nSPS) is 11.1. The zero-order valence-corrected chi connectivity index (χ0v) is 19.3. The van der Waals surface area contributed by atoms with Crippen molar-refractivity contribution in [1.29, 1.82) is 0 Å². The number of nitrogens with zero attached hydrogens (tertiary/aromatic N) is 1. The van der Waals surface area contributed by atoms with Crippen LogP contribution in [0.1, 0.15) is 10.4 Å². The first-order valence-corrected chi connectivity index (χ1v) is 10.7. The van der Waals surface area contributed by atoms with Crippen molar-refractivity contribution in [2.45, 2.75) is 0 Å². The first-order valence-electron chi connectivity index (χ1n) is 8.14. The van der Waals surface area contributed by atoms with Crippen molar-refractivity contribution in [1.82, 2.24) is 4.98 Å². The molecule has 0 atom stereocenters. The molecule has 1 amide bonds. The smallest absolute Gasteiger partial charge is 0.256 e. The summed E-state index contributed by atoms with van der Waals surface area (Å²) in [6.45, 7) is 0. The van der Waals surface area contributed by atoms with Crippen LogP contribution in [0, 0.1) is 18.8 Å². The molecule has 0 aliphatic carbocycles. The van der Waals surface area contributed by atoms with Crippen LogP contribution in [0.5, 0.6) is 0 Å². The molecule has 1 heterocycles. The van der Waals surface area contributed by atoms with E-state index in [0.717, 1.165) is 19.3 Å². The fourth-order valence-corrected chi connectivity index (χ4v) is 3.98.